The molecule has 1 aromatic carbocycles. The van der Waals surface area contributed by atoms with Crippen molar-refractivity contribution < 1.29 is 9.47 Å². The van der Waals surface area contributed by atoms with Gasteiger partial charge in [0.1, 0.15) is 0 Å². The molecule has 16 heavy (non-hydrogen) atoms. The van der Waals surface area contributed by atoms with E-state index in [1.54, 1.807) is 14.2 Å². The number of methoxy groups -OCH3 is 2. The monoisotopic (exact) mass is 223 g/mol. The number of benzene rings is 1. The zero-order chi connectivity index (χ0) is 12.1. The van der Waals surface area contributed by atoms with E-state index in [0.29, 0.717) is 6.54 Å². The highest BCUT2D eigenvalue weighted by Crippen LogP contribution is 2.36. The molecule has 0 bridgehead atoms. The standard InChI is InChI=1S/C13H21NO2/c1-5-10-6-11(9(2)8-14)13(16-4)12(7-10)15-3/h6-7,9H,5,8,14H2,1-4H3. The zero-order valence-electron chi connectivity index (χ0n) is 10.5. The molecule has 1 unspecified atom stereocenters. The summed E-state index contributed by atoms with van der Waals surface area (Å²) in [5.41, 5.74) is 8.08. The van der Waals surface area contributed by atoms with Gasteiger partial charge in [0.25, 0.3) is 0 Å². The van der Waals surface area contributed by atoms with Gasteiger partial charge in [-0.2, -0.15) is 0 Å². The van der Waals surface area contributed by atoms with Crippen molar-refractivity contribution in [1.82, 2.24) is 0 Å². The number of hydrogen-bond donors (Lipinski definition) is 1. The van der Waals surface area contributed by atoms with Gasteiger partial charge in [-0.1, -0.05) is 19.9 Å². The summed E-state index contributed by atoms with van der Waals surface area (Å²) in [6.45, 7) is 4.82. The Kier molecular flexibility index (Phi) is 4.62. The van der Waals surface area contributed by atoms with Crippen molar-refractivity contribution in [3.8, 4) is 11.5 Å². The number of rotatable bonds is 5. The second-order valence-corrected chi connectivity index (χ2v) is 3.91. The van der Waals surface area contributed by atoms with Gasteiger partial charge in [0, 0.05) is 5.56 Å². The summed E-state index contributed by atoms with van der Waals surface area (Å²) in [4.78, 5) is 0. The molecule has 0 spiro atoms. The summed E-state index contributed by atoms with van der Waals surface area (Å²) in [5, 5.41) is 0. The molecule has 0 saturated heterocycles. The van der Waals surface area contributed by atoms with E-state index in [2.05, 4.69) is 19.9 Å². The molecule has 0 radical (unpaired) electrons. The molecule has 3 nitrogen and oxygen atoms in total. The Labute approximate surface area is 97.6 Å². The first-order valence-corrected chi connectivity index (χ1v) is 5.62. The van der Waals surface area contributed by atoms with Crippen LogP contribution in [-0.4, -0.2) is 20.8 Å². The molecule has 0 aliphatic rings. The topological polar surface area (TPSA) is 44.5 Å². The number of nitrogens with two attached hydrogens (primary N) is 1. The molecule has 0 aliphatic heterocycles. The highest BCUT2D eigenvalue weighted by Gasteiger charge is 2.16. The lowest BCUT2D eigenvalue weighted by molar-refractivity contribution is 0.349. The molecule has 1 atom stereocenters. The molecule has 0 fully saturated rings. The molecule has 0 saturated carbocycles. The van der Waals surface area contributed by atoms with E-state index in [1.165, 1.54) is 5.56 Å². The van der Waals surface area contributed by atoms with Crippen molar-refractivity contribution in [2.75, 3.05) is 20.8 Å². The van der Waals surface area contributed by atoms with Crippen LogP contribution in [0, 0.1) is 0 Å². The SMILES string of the molecule is CCc1cc(OC)c(OC)c(C(C)CN)c1. The lowest BCUT2D eigenvalue weighted by Gasteiger charge is -2.18. The molecule has 0 aromatic heterocycles. The van der Waals surface area contributed by atoms with Gasteiger partial charge in [-0.25, -0.2) is 0 Å². The molecule has 1 aromatic rings. The van der Waals surface area contributed by atoms with Crippen LogP contribution in [0.15, 0.2) is 12.1 Å². The largest absolute Gasteiger partial charge is 0.493 e. The fourth-order valence-corrected chi connectivity index (χ4v) is 1.75. The summed E-state index contributed by atoms with van der Waals surface area (Å²) in [5.74, 6) is 1.87. The van der Waals surface area contributed by atoms with E-state index in [0.717, 1.165) is 23.5 Å². The number of hydrogen-bond acceptors (Lipinski definition) is 3. The van der Waals surface area contributed by atoms with Gasteiger partial charge in [0.15, 0.2) is 11.5 Å². The Balaban J connectivity index is 3.30. The van der Waals surface area contributed by atoms with Crippen molar-refractivity contribution in [3.05, 3.63) is 23.3 Å². The molecular formula is C13H21NO2. The molecular weight excluding hydrogens is 202 g/mol. The first-order chi connectivity index (χ1) is 7.67. The van der Waals surface area contributed by atoms with E-state index in [1.807, 2.05) is 6.07 Å². The van der Waals surface area contributed by atoms with Gasteiger partial charge in [-0.05, 0) is 30.5 Å². The highest BCUT2D eigenvalue weighted by molar-refractivity contribution is 5.51. The summed E-state index contributed by atoms with van der Waals surface area (Å²) < 4.78 is 10.8. The summed E-state index contributed by atoms with van der Waals surface area (Å²) in [6, 6.07) is 4.17. The van der Waals surface area contributed by atoms with Crippen molar-refractivity contribution in [3.63, 3.8) is 0 Å². The zero-order valence-corrected chi connectivity index (χ0v) is 10.5. The lowest BCUT2D eigenvalue weighted by atomic mass is 9.96. The minimum atomic E-state index is 0.273. The minimum Gasteiger partial charge on any atom is -0.493 e. The summed E-state index contributed by atoms with van der Waals surface area (Å²) in [6.07, 6.45) is 0.977. The van der Waals surface area contributed by atoms with Crippen LogP contribution in [0.2, 0.25) is 0 Å². The second-order valence-electron chi connectivity index (χ2n) is 3.91. The normalized spacial score (nSPS) is 12.3. The Morgan fingerprint density at radius 2 is 1.94 bits per heavy atom. The van der Waals surface area contributed by atoms with Crippen LogP contribution in [0.5, 0.6) is 11.5 Å². The molecule has 0 heterocycles. The first kappa shape index (κ1) is 12.8. The van der Waals surface area contributed by atoms with Crippen molar-refractivity contribution in [2.45, 2.75) is 26.2 Å². The quantitative estimate of drug-likeness (QED) is 0.833. The second kappa shape index (κ2) is 5.75. The number of ether oxygens (including phenoxy) is 2. The lowest BCUT2D eigenvalue weighted by Crippen LogP contribution is -2.11. The van der Waals surface area contributed by atoms with Gasteiger partial charge in [-0.15, -0.1) is 0 Å². The smallest absolute Gasteiger partial charge is 0.164 e. The van der Waals surface area contributed by atoms with E-state index >= 15 is 0 Å². The maximum atomic E-state index is 5.71. The molecule has 0 amide bonds. The van der Waals surface area contributed by atoms with Crippen LogP contribution in [0.25, 0.3) is 0 Å². The van der Waals surface area contributed by atoms with Crippen LogP contribution in [0.3, 0.4) is 0 Å². The molecule has 0 aliphatic carbocycles. The third kappa shape index (κ3) is 2.47. The third-order valence-electron chi connectivity index (χ3n) is 2.86. The van der Waals surface area contributed by atoms with Crippen LogP contribution < -0.4 is 15.2 Å². The van der Waals surface area contributed by atoms with Crippen LogP contribution in [-0.2, 0) is 6.42 Å². The van der Waals surface area contributed by atoms with Crippen molar-refractivity contribution >= 4 is 0 Å². The Bertz CT molecular complexity index is 350. The fraction of sp³-hybridized carbons (Fsp3) is 0.538. The van der Waals surface area contributed by atoms with Gasteiger partial charge in [0.05, 0.1) is 14.2 Å². The predicted octanol–water partition coefficient (Wildman–Crippen LogP) is 2.33. The predicted molar refractivity (Wildman–Crippen MR) is 66.4 cm³/mol. The van der Waals surface area contributed by atoms with Gasteiger partial charge in [-0.3, -0.25) is 0 Å². The van der Waals surface area contributed by atoms with E-state index in [9.17, 15) is 0 Å². The molecule has 90 valence electrons. The number of aryl methyl sites for hydroxylation is 1. The molecule has 2 N–H and O–H groups in total. The maximum absolute atomic E-state index is 5.71. The van der Waals surface area contributed by atoms with E-state index in [4.69, 9.17) is 15.2 Å². The Hall–Kier alpha value is -1.22. The maximum Gasteiger partial charge on any atom is 0.164 e. The fourth-order valence-electron chi connectivity index (χ4n) is 1.75. The van der Waals surface area contributed by atoms with Gasteiger partial charge >= 0.3 is 0 Å². The Morgan fingerprint density at radius 3 is 2.38 bits per heavy atom. The molecule has 3 heteroatoms. The van der Waals surface area contributed by atoms with Crippen LogP contribution in [0.4, 0.5) is 0 Å². The van der Waals surface area contributed by atoms with Gasteiger partial charge < -0.3 is 15.2 Å². The Morgan fingerprint density at radius 1 is 1.25 bits per heavy atom. The average molecular weight is 223 g/mol. The molecule has 1 rings (SSSR count). The highest BCUT2D eigenvalue weighted by atomic mass is 16.5. The van der Waals surface area contributed by atoms with E-state index < -0.39 is 0 Å². The third-order valence-corrected chi connectivity index (χ3v) is 2.86. The average Bonchev–Trinajstić information content (AvgIpc) is 2.35. The summed E-state index contributed by atoms with van der Waals surface area (Å²) >= 11 is 0. The summed E-state index contributed by atoms with van der Waals surface area (Å²) in [7, 11) is 3.32. The van der Waals surface area contributed by atoms with E-state index in [-0.39, 0.29) is 5.92 Å². The van der Waals surface area contributed by atoms with Crippen LogP contribution in [0.1, 0.15) is 30.9 Å². The van der Waals surface area contributed by atoms with Gasteiger partial charge in [0.2, 0.25) is 0 Å². The van der Waals surface area contributed by atoms with Crippen molar-refractivity contribution in [1.29, 1.82) is 0 Å². The van der Waals surface area contributed by atoms with Crippen molar-refractivity contribution in [2.24, 2.45) is 5.73 Å². The first-order valence-electron chi connectivity index (χ1n) is 5.62. The minimum absolute atomic E-state index is 0.273. The van der Waals surface area contributed by atoms with Crippen LogP contribution >= 0.6 is 0 Å².